The van der Waals surface area contributed by atoms with Crippen molar-refractivity contribution in [3.8, 4) is 0 Å². The zero-order valence-electron chi connectivity index (χ0n) is 13.5. The molecule has 4 rings (SSSR count). The van der Waals surface area contributed by atoms with Gasteiger partial charge in [0.25, 0.3) is 0 Å². The fraction of sp³-hybridized carbons (Fsp3) is 0.895. The van der Waals surface area contributed by atoms with Crippen LogP contribution in [0.3, 0.4) is 0 Å². The number of Topliss-reactive ketones (excluding diaryl/α,β-unsaturated/α-hetero) is 2. The molecule has 0 N–H and O–H groups in total. The average molecular weight is 288 g/mol. The van der Waals surface area contributed by atoms with E-state index in [2.05, 4.69) is 13.8 Å². The van der Waals surface area contributed by atoms with Gasteiger partial charge in [0.1, 0.15) is 11.6 Å². The minimum absolute atomic E-state index is 0.298. The predicted octanol–water partition coefficient (Wildman–Crippen LogP) is 4.17. The normalized spacial score (nSPS) is 53.0. The molecule has 0 aromatic heterocycles. The Balaban J connectivity index is 1.65. The van der Waals surface area contributed by atoms with Gasteiger partial charge in [-0.1, -0.05) is 13.8 Å². The van der Waals surface area contributed by atoms with Crippen LogP contribution in [-0.4, -0.2) is 11.6 Å². The molecular weight excluding hydrogens is 260 g/mol. The minimum atomic E-state index is 0.298. The highest BCUT2D eigenvalue weighted by Crippen LogP contribution is 2.65. The second-order valence-corrected chi connectivity index (χ2v) is 9.01. The quantitative estimate of drug-likeness (QED) is 0.670. The van der Waals surface area contributed by atoms with Gasteiger partial charge in [-0.05, 0) is 66.6 Å². The Hall–Kier alpha value is -0.660. The third-order valence-electron chi connectivity index (χ3n) is 8.05. The molecule has 4 aliphatic rings. The molecule has 2 heteroatoms. The SMILES string of the molecule is C[C@@]12CC[C@H]3[C@H](CC[C@H]4CC(=O)CC[C@@]43C)[C@@H]1CC(=O)C2. The van der Waals surface area contributed by atoms with Gasteiger partial charge in [0.05, 0.1) is 0 Å². The van der Waals surface area contributed by atoms with Crippen LogP contribution in [0.2, 0.25) is 0 Å². The molecule has 0 bridgehead atoms. The highest BCUT2D eigenvalue weighted by molar-refractivity contribution is 5.82. The van der Waals surface area contributed by atoms with Gasteiger partial charge in [0.2, 0.25) is 0 Å². The van der Waals surface area contributed by atoms with Crippen molar-refractivity contribution in [1.29, 1.82) is 0 Å². The summed E-state index contributed by atoms with van der Waals surface area (Å²) in [6.07, 6.45) is 9.45. The zero-order chi connectivity index (χ0) is 14.8. The van der Waals surface area contributed by atoms with Gasteiger partial charge in [0, 0.05) is 25.7 Å². The lowest BCUT2D eigenvalue weighted by molar-refractivity contribution is -0.137. The minimum Gasteiger partial charge on any atom is -0.300 e. The third kappa shape index (κ3) is 1.90. The Bertz CT molecular complexity index is 496. The Morgan fingerprint density at radius 2 is 1.71 bits per heavy atom. The first kappa shape index (κ1) is 14.0. The van der Waals surface area contributed by atoms with E-state index in [4.69, 9.17) is 0 Å². The Morgan fingerprint density at radius 1 is 0.905 bits per heavy atom. The summed E-state index contributed by atoms with van der Waals surface area (Å²) in [7, 11) is 0. The van der Waals surface area contributed by atoms with Crippen LogP contribution >= 0.6 is 0 Å². The van der Waals surface area contributed by atoms with Gasteiger partial charge in [-0.3, -0.25) is 9.59 Å². The molecule has 0 unspecified atom stereocenters. The smallest absolute Gasteiger partial charge is 0.133 e. The zero-order valence-corrected chi connectivity index (χ0v) is 13.5. The summed E-state index contributed by atoms with van der Waals surface area (Å²) in [4.78, 5) is 23.9. The first-order chi connectivity index (χ1) is 9.92. The molecule has 0 radical (unpaired) electrons. The number of hydrogen-bond acceptors (Lipinski definition) is 2. The molecule has 0 aromatic carbocycles. The van der Waals surface area contributed by atoms with Crippen molar-refractivity contribution in [2.45, 2.75) is 71.6 Å². The van der Waals surface area contributed by atoms with Crippen LogP contribution in [-0.2, 0) is 9.59 Å². The molecule has 0 spiro atoms. The van der Waals surface area contributed by atoms with E-state index in [0.717, 1.165) is 43.9 Å². The van der Waals surface area contributed by atoms with Crippen LogP contribution in [0, 0.1) is 34.5 Å². The van der Waals surface area contributed by atoms with Crippen molar-refractivity contribution in [3.63, 3.8) is 0 Å². The van der Waals surface area contributed by atoms with Crippen molar-refractivity contribution in [2.75, 3.05) is 0 Å². The first-order valence-corrected chi connectivity index (χ1v) is 8.96. The summed E-state index contributed by atoms with van der Waals surface area (Å²) < 4.78 is 0. The maximum atomic E-state index is 12.1. The lowest BCUT2D eigenvalue weighted by atomic mass is 9.45. The largest absolute Gasteiger partial charge is 0.300 e. The Labute approximate surface area is 128 Å². The van der Waals surface area contributed by atoms with Crippen molar-refractivity contribution in [3.05, 3.63) is 0 Å². The van der Waals surface area contributed by atoms with Gasteiger partial charge in [-0.15, -0.1) is 0 Å². The molecule has 0 heterocycles. The molecule has 116 valence electrons. The van der Waals surface area contributed by atoms with Crippen molar-refractivity contribution in [2.24, 2.45) is 34.5 Å². The topological polar surface area (TPSA) is 34.1 Å². The molecule has 4 saturated carbocycles. The summed E-state index contributed by atoms with van der Waals surface area (Å²) in [6, 6.07) is 0. The van der Waals surface area contributed by atoms with Gasteiger partial charge in [0.15, 0.2) is 0 Å². The molecular formula is C19H28O2. The maximum Gasteiger partial charge on any atom is 0.133 e. The number of fused-ring (bicyclic) bond motifs is 5. The summed E-state index contributed by atoms with van der Waals surface area (Å²) >= 11 is 0. The van der Waals surface area contributed by atoms with Gasteiger partial charge >= 0.3 is 0 Å². The molecule has 2 nitrogen and oxygen atoms in total. The molecule has 6 atom stereocenters. The van der Waals surface area contributed by atoms with Crippen molar-refractivity contribution in [1.82, 2.24) is 0 Å². The van der Waals surface area contributed by atoms with E-state index in [-0.39, 0.29) is 0 Å². The van der Waals surface area contributed by atoms with E-state index in [1.165, 1.54) is 25.7 Å². The number of rotatable bonds is 0. The van der Waals surface area contributed by atoms with Crippen molar-refractivity contribution < 1.29 is 9.59 Å². The van der Waals surface area contributed by atoms with E-state index < -0.39 is 0 Å². The number of carbonyl (C=O) groups excluding carboxylic acids is 2. The van der Waals surface area contributed by atoms with Crippen LogP contribution in [0.1, 0.15) is 71.6 Å². The maximum absolute atomic E-state index is 12.1. The number of carbonyl (C=O) groups is 2. The highest BCUT2D eigenvalue weighted by Gasteiger charge is 2.59. The third-order valence-corrected chi connectivity index (χ3v) is 8.05. The fourth-order valence-corrected chi connectivity index (χ4v) is 6.82. The first-order valence-electron chi connectivity index (χ1n) is 8.96. The number of hydrogen-bond donors (Lipinski definition) is 0. The van der Waals surface area contributed by atoms with Crippen LogP contribution < -0.4 is 0 Å². The average Bonchev–Trinajstić information content (AvgIpc) is 2.74. The Morgan fingerprint density at radius 3 is 2.52 bits per heavy atom. The van der Waals surface area contributed by atoms with E-state index in [0.29, 0.717) is 34.2 Å². The summed E-state index contributed by atoms with van der Waals surface area (Å²) in [6.45, 7) is 4.85. The van der Waals surface area contributed by atoms with Gasteiger partial charge < -0.3 is 0 Å². The predicted molar refractivity (Wildman–Crippen MR) is 81.7 cm³/mol. The van der Waals surface area contributed by atoms with Crippen LogP contribution in [0.15, 0.2) is 0 Å². The molecule has 0 amide bonds. The molecule has 0 aromatic rings. The molecule has 0 saturated heterocycles. The Kier molecular flexibility index (Phi) is 2.94. The summed E-state index contributed by atoms with van der Waals surface area (Å²) in [5.41, 5.74) is 0.676. The molecule has 4 aliphatic carbocycles. The highest BCUT2D eigenvalue weighted by atomic mass is 16.1. The monoisotopic (exact) mass is 288 g/mol. The van der Waals surface area contributed by atoms with Gasteiger partial charge in [-0.25, -0.2) is 0 Å². The van der Waals surface area contributed by atoms with E-state index in [9.17, 15) is 9.59 Å². The van der Waals surface area contributed by atoms with Crippen LogP contribution in [0.4, 0.5) is 0 Å². The van der Waals surface area contributed by atoms with Crippen molar-refractivity contribution >= 4 is 11.6 Å². The standard InChI is InChI=1S/C19H28O2/c1-18-7-6-16-15(17(18)10-14(21)11-18)4-3-12-9-13(20)5-8-19(12,16)2/h12,15-17H,3-11H2,1-2H3/t12-,15-,16-,17-,18-,19-/m0/s1. The number of ketones is 2. The molecule has 4 fully saturated rings. The van der Waals surface area contributed by atoms with E-state index >= 15 is 0 Å². The lowest BCUT2D eigenvalue weighted by Gasteiger charge is -2.59. The fourth-order valence-electron chi connectivity index (χ4n) is 6.82. The molecule has 21 heavy (non-hydrogen) atoms. The van der Waals surface area contributed by atoms with E-state index in [1.807, 2.05) is 0 Å². The van der Waals surface area contributed by atoms with Crippen LogP contribution in [0.5, 0.6) is 0 Å². The van der Waals surface area contributed by atoms with Gasteiger partial charge in [-0.2, -0.15) is 0 Å². The lowest BCUT2D eigenvalue weighted by Crippen LogP contribution is -2.52. The van der Waals surface area contributed by atoms with E-state index in [1.54, 1.807) is 0 Å². The second kappa shape index (κ2) is 4.43. The summed E-state index contributed by atoms with van der Waals surface area (Å²) in [5.74, 6) is 3.79. The van der Waals surface area contributed by atoms with Crippen LogP contribution in [0.25, 0.3) is 0 Å². The summed E-state index contributed by atoms with van der Waals surface area (Å²) in [5, 5.41) is 0. The second-order valence-electron chi connectivity index (χ2n) is 9.01. The molecule has 0 aliphatic heterocycles.